The van der Waals surface area contributed by atoms with Crippen LogP contribution in [0.5, 0.6) is 0 Å². The summed E-state index contributed by atoms with van der Waals surface area (Å²) in [6.45, 7) is 3.75. The second-order valence-electron chi connectivity index (χ2n) is 20.8. The lowest BCUT2D eigenvalue weighted by Gasteiger charge is -2.42. The average molecular weight is 1010 g/mol. The topological polar surface area (TPSA) is 214 Å². The largest absolute Gasteiger partial charge is 0.457 e. The number of unbranched alkanes of at least 4 members (excludes halogenated alkanes) is 34. The summed E-state index contributed by atoms with van der Waals surface area (Å²) >= 11 is 0. The Morgan fingerprint density at radius 1 is 0.414 bits per heavy atom. The molecule has 0 radical (unpaired) electrons. The molecule has 0 aromatic heterocycles. The summed E-state index contributed by atoms with van der Waals surface area (Å²) in [4.78, 5) is 13.0. The van der Waals surface area contributed by atoms with Gasteiger partial charge in [-0.15, -0.1) is 0 Å². The normalized spacial score (nSPS) is 25.4. The van der Waals surface area contributed by atoms with Crippen molar-refractivity contribution in [1.82, 2.24) is 0 Å². The van der Waals surface area contributed by atoms with Crippen LogP contribution in [-0.2, 0) is 33.2 Å². The van der Waals surface area contributed by atoms with E-state index in [1.165, 1.54) is 186 Å². The molecule has 0 aromatic rings. The van der Waals surface area contributed by atoms with Crippen molar-refractivity contribution >= 4 is 5.97 Å². The monoisotopic (exact) mass is 1000 g/mol. The van der Waals surface area contributed by atoms with Gasteiger partial charge in [0.25, 0.3) is 0 Å². The van der Waals surface area contributed by atoms with Crippen LogP contribution in [0, 0.1) is 0 Å². The predicted molar refractivity (Wildman–Crippen MR) is 275 cm³/mol. The number of esters is 1. The zero-order valence-electron chi connectivity index (χ0n) is 44.5. The lowest BCUT2D eigenvalue weighted by molar-refractivity contribution is -0.332. The quantitative estimate of drug-likeness (QED) is 0.0223. The van der Waals surface area contributed by atoms with Gasteiger partial charge in [-0.1, -0.05) is 232 Å². The molecule has 0 bridgehead atoms. The maximum atomic E-state index is 13.0. The molecule has 2 aliphatic heterocycles. The summed E-state index contributed by atoms with van der Waals surface area (Å²) in [5, 5.41) is 72.2. The van der Waals surface area contributed by atoms with Crippen LogP contribution in [0.1, 0.15) is 251 Å². The fraction of sp³-hybridized carbons (Fsp3) is 0.982. The predicted octanol–water partition coefficient (Wildman–Crippen LogP) is 10.0. The second-order valence-corrected chi connectivity index (χ2v) is 20.8. The highest BCUT2D eigenvalue weighted by molar-refractivity contribution is 5.69. The molecule has 2 aliphatic rings. The van der Waals surface area contributed by atoms with Gasteiger partial charge in [0.2, 0.25) is 0 Å². The molecule has 0 aromatic carbocycles. The molecule has 7 N–H and O–H groups in total. The zero-order valence-corrected chi connectivity index (χ0v) is 44.5. The van der Waals surface area contributed by atoms with Gasteiger partial charge in [0.15, 0.2) is 12.6 Å². The van der Waals surface area contributed by atoms with E-state index in [1.807, 2.05) is 0 Å². The SMILES string of the molecule is CCCCCCCCCCCCCCCCCCCCCCCCCOCC(COC1OC(COC2OC(CO)C(O)C(O)C2O)C(O)C(O)C1O)OC(=O)CCCCCCCCCCCCCCC. The Bertz CT molecular complexity index is 1170. The van der Waals surface area contributed by atoms with Crippen LogP contribution >= 0.6 is 0 Å². The first-order valence-corrected chi connectivity index (χ1v) is 29.1. The first kappa shape index (κ1) is 65.1. The number of hydrogen-bond acceptors (Lipinski definition) is 14. The molecular formula is C56H108O14. The molecule has 0 aliphatic carbocycles. The van der Waals surface area contributed by atoms with Crippen LogP contribution in [0.2, 0.25) is 0 Å². The number of ether oxygens (including phenoxy) is 6. The van der Waals surface area contributed by atoms with E-state index in [1.54, 1.807) is 0 Å². The number of carbonyl (C=O) groups is 1. The lowest BCUT2D eigenvalue weighted by atomic mass is 9.98. The third-order valence-electron chi connectivity index (χ3n) is 14.4. The maximum absolute atomic E-state index is 13.0. The van der Waals surface area contributed by atoms with Crippen molar-refractivity contribution in [3.05, 3.63) is 0 Å². The third kappa shape index (κ3) is 31.0. The van der Waals surface area contributed by atoms with Crippen LogP contribution in [0.4, 0.5) is 0 Å². The van der Waals surface area contributed by atoms with Crippen molar-refractivity contribution < 1.29 is 69.0 Å². The zero-order chi connectivity index (χ0) is 50.9. The van der Waals surface area contributed by atoms with Crippen molar-refractivity contribution in [2.75, 3.05) is 33.0 Å². The second kappa shape index (κ2) is 44.3. The lowest BCUT2D eigenvalue weighted by Crippen LogP contribution is -2.61. The highest BCUT2D eigenvalue weighted by Gasteiger charge is 2.47. The molecule has 416 valence electrons. The minimum Gasteiger partial charge on any atom is -0.457 e. The van der Waals surface area contributed by atoms with Gasteiger partial charge in [0, 0.05) is 13.0 Å². The molecule has 11 atom stereocenters. The Hall–Kier alpha value is -1.01. The van der Waals surface area contributed by atoms with Gasteiger partial charge >= 0.3 is 5.97 Å². The van der Waals surface area contributed by atoms with Gasteiger partial charge in [-0.25, -0.2) is 0 Å². The van der Waals surface area contributed by atoms with Crippen LogP contribution in [-0.4, -0.2) is 142 Å². The van der Waals surface area contributed by atoms with E-state index in [9.17, 15) is 40.5 Å². The van der Waals surface area contributed by atoms with Crippen molar-refractivity contribution in [1.29, 1.82) is 0 Å². The highest BCUT2D eigenvalue weighted by Crippen LogP contribution is 2.27. The van der Waals surface area contributed by atoms with Gasteiger partial charge < -0.3 is 64.2 Å². The van der Waals surface area contributed by atoms with Crippen molar-refractivity contribution in [2.45, 2.75) is 319 Å². The standard InChI is InChI=1S/C56H108O14/c1-3-5-7-9-11-13-15-17-18-19-20-21-22-23-24-25-26-28-30-32-34-36-38-40-65-42-45(68-48(58)39-37-35-33-31-29-27-16-14-12-10-8-6-4-2)43-66-55-54(64)52(62)50(60)47(70-55)44-67-56-53(63)51(61)49(59)46(41-57)69-56/h45-47,49-57,59-64H,3-44H2,1-2H3. The minimum absolute atomic E-state index is 0.0707. The van der Waals surface area contributed by atoms with Gasteiger partial charge in [0.05, 0.1) is 26.4 Å². The van der Waals surface area contributed by atoms with Crippen LogP contribution in [0.25, 0.3) is 0 Å². The molecule has 14 heteroatoms. The summed E-state index contributed by atoms with van der Waals surface area (Å²) in [7, 11) is 0. The van der Waals surface area contributed by atoms with Crippen molar-refractivity contribution in [3.63, 3.8) is 0 Å². The van der Waals surface area contributed by atoms with Gasteiger partial charge in [0.1, 0.15) is 54.9 Å². The van der Waals surface area contributed by atoms with E-state index in [-0.39, 0.29) is 25.6 Å². The van der Waals surface area contributed by atoms with Gasteiger partial charge in [-0.05, 0) is 12.8 Å². The van der Waals surface area contributed by atoms with Crippen molar-refractivity contribution in [3.8, 4) is 0 Å². The van der Waals surface area contributed by atoms with E-state index < -0.39 is 80.7 Å². The molecule has 0 amide bonds. The van der Waals surface area contributed by atoms with E-state index in [0.717, 1.165) is 44.9 Å². The Morgan fingerprint density at radius 3 is 1.16 bits per heavy atom. The summed E-state index contributed by atoms with van der Waals surface area (Å²) < 4.78 is 34.4. The molecule has 14 nitrogen and oxygen atoms in total. The fourth-order valence-corrected chi connectivity index (χ4v) is 9.64. The average Bonchev–Trinajstić information content (AvgIpc) is 3.36. The first-order chi connectivity index (χ1) is 34.1. The molecule has 2 fully saturated rings. The van der Waals surface area contributed by atoms with E-state index in [0.29, 0.717) is 6.61 Å². The Labute approximate surface area is 425 Å². The smallest absolute Gasteiger partial charge is 0.306 e. The van der Waals surface area contributed by atoms with Crippen LogP contribution in [0.15, 0.2) is 0 Å². The summed E-state index contributed by atoms with van der Waals surface area (Å²) in [6.07, 6.45) is 30.3. The summed E-state index contributed by atoms with van der Waals surface area (Å²) in [5.41, 5.74) is 0. The maximum Gasteiger partial charge on any atom is 0.306 e. The minimum atomic E-state index is -1.70. The molecule has 2 heterocycles. The van der Waals surface area contributed by atoms with Crippen LogP contribution < -0.4 is 0 Å². The molecule has 11 unspecified atom stereocenters. The molecule has 2 saturated heterocycles. The number of aliphatic hydroxyl groups excluding tert-OH is 7. The Balaban J connectivity index is 1.67. The van der Waals surface area contributed by atoms with Gasteiger partial charge in [-0.2, -0.15) is 0 Å². The van der Waals surface area contributed by atoms with E-state index >= 15 is 0 Å². The number of hydrogen-bond donors (Lipinski definition) is 7. The molecular weight excluding hydrogens is 897 g/mol. The Morgan fingerprint density at radius 2 is 0.757 bits per heavy atom. The van der Waals surface area contributed by atoms with Crippen LogP contribution in [0.3, 0.4) is 0 Å². The molecule has 0 saturated carbocycles. The number of carbonyl (C=O) groups excluding carboxylic acids is 1. The molecule has 2 rings (SSSR count). The van der Waals surface area contributed by atoms with Crippen molar-refractivity contribution in [2.24, 2.45) is 0 Å². The molecule has 0 spiro atoms. The number of rotatable bonds is 48. The van der Waals surface area contributed by atoms with E-state index in [4.69, 9.17) is 28.4 Å². The van der Waals surface area contributed by atoms with E-state index in [2.05, 4.69) is 13.8 Å². The fourth-order valence-electron chi connectivity index (χ4n) is 9.64. The Kier molecular flexibility index (Phi) is 41.2. The summed E-state index contributed by atoms with van der Waals surface area (Å²) in [6, 6.07) is 0. The molecule has 70 heavy (non-hydrogen) atoms. The summed E-state index contributed by atoms with van der Waals surface area (Å²) in [5.74, 6) is -0.369. The first-order valence-electron chi connectivity index (χ1n) is 29.1. The van der Waals surface area contributed by atoms with Gasteiger partial charge in [-0.3, -0.25) is 4.79 Å². The number of aliphatic hydroxyl groups is 7. The third-order valence-corrected chi connectivity index (χ3v) is 14.4. The highest BCUT2D eigenvalue weighted by atomic mass is 16.7.